The number of rotatable bonds is 0. The summed E-state index contributed by atoms with van der Waals surface area (Å²) in [5.74, 6) is -13.9. The maximum Gasteiger partial charge on any atom is 0.363 e. The summed E-state index contributed by atoms with van der Waals surface area (Å²) in [5.41, 5.74) is 0. The molecule has 0 aliphatic heterocycles. The van der Waals surface area contributed by atoms with E-state index in [1.165, 1.54) is 0 Å². The van der Waals surface area contributed by atoms with Crippen LogP contribution in [0.15, 0.2) is 11.7 Å². The van der Waals surface area contributed by atoms with Crippen molar-refractivity contribution in [1.29, 1.82) is 0 Å². The van der Waals surface area contributed by atoms with Crippen molar-refractivity contribution in [2.75, 3.05) is 0 Å². The summed E-state index contributed by atoms with van der Waals surface area (Å²) in [7, 11) is 0. The van der Waals surface area contributed by atoms with Crippen LogP contribution >= 0.6 is 0 Å². The molecule has 0 fully saturated rings. The van der Waals surface area contributed by atoms with Gasteiger partial charge in [0.2, 0.25) is 5.83 Å². The highest BCUT2D eigenvalue weighted by Gasteiger charge is 2.62. The minimum Gasteiger partial charge on any atom is -0.209 e. The van der Waals surface area contributed by atoms with E-state index < -0.39 is 36.3 Å². The Balaban J connectivity index is 3.12. The number of halogens is 6. The first-order valence-corrected chi connectivity index (χ1v) is 3.09. The van der Waals surface area contributed by atoms with E-state index in [1.54, 1.807) is 0 Å². The van der Waals surface area contributed by atoms with E-state index in [0.717, 1.165) is 0 Å². The van der Waals surface area contributed by atoms with Gasteiger partial charge < -0.3 is 0 Å². The molecule has 0 saturated carbocycles. The molecule has 0 aromatic rings. The van der Waals surface area contributed by atoms with Gasteiger partial charge in [-0.2, -0.15) is 17.6 Å². The lowest BCUT2D eigenvalue weighted by Crippen LogP contribution is -2.43. The third kappa shape index (κ3) is 1.09. The average Bonchev–Trinajstić information content (AvgIpc) is 1.96. The quantitative estimate of drug-likeness (QED) is 0.514. The first-order chi connectivity index (χ1) is 5.29. The molecule has 70 valence electrons. The van der Waals surface area contributed by atoms with Crippen molar-refractivity contribution in [1.82, 2.24) is 0 Å². The summed E-state index contributed by atoms with van der Waals surface area (Å²) < 4.78 is 73.1. The summed E-state index contributed by atoms with van der Waals surface area (Å²) in [5, 5.41) is 0. The Labute approximate surface area is 63.9 Å². The van der Waals surface area contributed by atoms with Crippen molar-refractivity contribution >= 4 is 0 Å². The van der Waals surface area contributed by atoms with Crippen molar-refractivity contribution in [3.05, 3.63) is 11.7 Å². The molecule has 0 radical (unpaired) electrons. The first kappa shape index (κ1) is 9.41. The Hall–Kier alpha value is -0.680. The Bertz CT molecular complexity index is 228. The van der Waals surface area contributed by atoms with Crippen molar-refractivity contribution in [3.8, 4) is 0 Å². The molecule has 0 amide bonds. The smallest absolute Gasteiger partial charge is 0.209 e. The van der Waals surface area contributed by atoms with Gasteiger partial charge in [-0.05, 0) is 0 Å². The molecule has 0 heterocycles. The lowest BCUT2D eigenvalue weighted by Gasteiger charge is -2.28. The zero-order valence-corrected chi connectivity index (χ0v) is 5.68. The van der Waals surface area contributed by atoms with Crippen LogP contribution in [0.25, 0.3) is 0 Å². The van der Waals surface area contributed by atoms with E-state index in [-0.39, 0.29) is 0 Å². The number of alkyl halides is 4. The molecule has 0 saturated heterocycles. The van der Waals surface area contributed by atoms with Crippen molar-refractivity contribution in [2.45, 2.75) is 24.7 Å². The second kappa shape index (κ2) is 2.40. The normalized spacial score (nSPS) is 27.5. The average molecular weight is 190 g/mol. The van der Waals surface area contributed by atoms with Gasteiger partial charge in [0.15, 0.2) is 0 Å². The number of allylic oxidation sites excluding steroid dienone is 2. The van der Waals surface area contributed by atoms with E-state index in [9.17, 15) is 26.3 Å². The summed E-state index contributed by atoms with van der Waals surface area (Å²) in [6.45, 7) is 0. The second-order valence-corrected chi connectivity index (χ2v) is 2.50. The van der Waals surface area contributed by atoms with Crippen LogP contribution in [0.2, 0.25) is 0 Å². The Kier molecular flexibility index (Phi) is 1.88. The lowest BCUT2D eigenvalue weighted by molar-refractivity contribution is -0.206. The van der Waals surface area contributed by atoms with Crippen molar-refractivity contribution in [3.63, 3.8) is 0 Å². The van der Waals surface area contributed by atoms with Gasteiger partial charge >= 0.3 is 11.8 Å². The Morgan fingerprint density at radius 1 is 1.00 bits per heavy atom. The molecule has 6 heteroatoms. The molecule has 0 unspecified atom stereocenters. The number of hydrogen-bond donors (Lipinski definition) is 0. The van der Waals surface area contributed by atoms with Crippen molar-refractivity contribution < 1.29 is 26.3 Å². The van der Waals surface area contributed by atoms with E-state index in [0.29, 0.717) is 0 Å². The Morgan fingerprint density at radius 3 is 1.92 bits per heavy atom. The number of hydrogen-bond acceptors (Lipinski definition) is 0. The molecule has 1 aliphatic rings. The molecule has 1 rings (SSSR count). The van der Waals surface area contributed by atoms with Crippen LogP contribution < -0.4 is 0 Å². The van der Waals surface area contributed by atoms with Crippen LogP contribution in [0.1, 0.15) is 12.8 Å². The maximum absolute atomic E-state index is 12.2. The topological polar surface area (TPSA) is 0 Å². The highest BCUT2D eigenvalue weighted by molar-refractivity contribution is 5.18. The maximum atomic E-state index is 12.2. The van der Waals surface area contributed by atoms with Crippen LogP contribution in [-0.2, 0) is 0 Å². The third-order valence-electron chi connectivity index (χ3n) is 1.63. The standard InChI is InChI=1S/C6H4F6/c7-3-1-2-5(9,10)6(11,12)4(3)8/h1-2H2. The van der Waals surface area contributed by atoms with Gasteiger partial charge in [0.25, 0.3) is 0 Å². The van der Waals surface area contributed by atoms with Gasteiger partial charge in [-0.25, -0.2) is 8.78 Å². The summed E-state index contributed by atoms with van der Waals surface area (Å²) in [6, 6.07) is 0. The fourth-order valence-corrected chi connectivity index (χ4v) is 0.864. The second-order valence-electron chi connectivity index (χ2n) is 2.50. The van der Waals surface area contributed by atoms with Crippen LogP contribution in [0, 0.1) is 0 Å². The summed E-state index contributed by atoms with van der Waals surface area (Å²) in [6.07, 6.45) is -2.34. The van der Waals surface area contributed by atoms with Gasteiger partial charge in [-0.3, -0.25) is 0 Å². The van der Waals surface area contributed by atoms with Gasteiger partial charge in [-0.1, -0.05) is 0 Å². The van der Waals surface area contributed by atoms with Crippen LogP contribution in [0.3, 0.4) is 0 Å². The molecule has 0 nitrogen and oxygen atoms in total. The predicted octanol–water partition coefficient (Wildman–Crippen LogP) is 3.20. The molecule has 0 aromatic carbocycles. The first-order valence-electron chi connectivity index (χ1n) is 3.09. The molecule has 0 aromatic heterocycles. The highest BCUT2D eigenvalue weighted by Crippen LogP contribution is 2.49. The molecule has 1 aliphatic carbocycles. The monoisotopic (exact) mass is 190 g/mol. The Morgan fingerprint density at radius 2 is 1.50 bits per heavy atom. The zero-order valence-electron chi connectivity index (χ0n) is 5.68. The molecule has 0 N–H and O–H groups in total. The molecule has 0 spiro atoms. The highest BCUT2D eigenvalue weighted by atomic mass is 19.3. The van der Waals surface area contributed by atoms with E-state index in [1.807, 2.05) is 0 Å². The summed E-state index contributed by atoms with van der Waals surface area (Å²) in [4.78, 5) is 0. The molecule has 0 bridgehead atoms. The van der Waals surface area contributed by atoms with E-state index in [2.05, 4.69) is 0 Å². The van der Waals surface area contributed by atoms with Gasteiger partial charge in [0.05, 0.1) is 0 Å². The molecular formula is C6H4F6. The zero-order chi connectivity index (χ0) is 9.57. The molecular weight excluding hydrogens is 186 g/mol. The lowest BCUT2D eigenvalue weighted by atomic mass is 9.98. The molecule has 0 atom stereocenters. The van der Waals surface area contributed by atoms with Crippen LogP contribution in [0.4, 0.5) is 26.3 Å². The predicted molar refractivity (Wildman–Crippen MR) is 28.4 cm³/mol. The van der Waals surface area contributed by atoms with Gasteiger partial charge in [0, 0.05) is 12.8 Å². The fourth-order valence-electron chi connectivity index (χ4n) is 0.864. The van der Waals surface area contributed by atoms with E-state index >= 15 is 0 Å². The van der Waals surface area contributed by atoms with Crippen molar-refractivity contribution in [2.24, 2.45) is 0 Å². The minimum atomic E-state index is -4.99. The molecule has 12 heavy (non-hydrogen) atoms. The van der Waals surface area contributed by atoms with Gasteiger partial charge in [-0.15, -0.1) is 0 Å². The SMILES string of the molecule is FC1=C(F)C(F)(F)C(F)(F)CC1. The fraction of sp³-hybridized carbons (Fsp3) is 0.667. The summed E-state index contributed by atoms with van der Waals surface area (Å²) >= 11 is 0. The third-order valence-corrected chi connectivity index (χ3v) is 1.63. The minimum absolute atomic E-state index is 0.978. The van der Waals surface area contributed by atoms with Crippen LogP contribution in [-0.4, -0.2) is 11.8 Å². The largest absolute Gasteiger partial charge is 0.363 e. The van der Waals surface area contributed by atoms with E-state index in [4.69, 9.17) is 0 Å². The van der Waals surface area contributed by atoms with Gasteiger partial charge in [0.1, 0.15) is 5.83 Å². The van der Waals surface area contributed by atoms with Crippen LogP contribution in [0.5, 0.6) is 0 Å².